The molecule has 3 aromatic rings. The number of carbonyl (C=O) groups excluding carboxylic acids is 4. The summed E-state index contributed by atoms with van der Waals surface area (Å²) in [6, 6.07) is 10.1. The molecular formula is C27H32N6O7. The van der Waals surface area contributed by atoms with Crippen LogP contribution in [0.3, 0.4) is 0 Å². The molecule has 13 heteroatoms. The zero-order valence-electron chi connectivity index (χ0n) is 21.6. The molecule has 13 nitrogen and oxygen atoms in total. The van der Waals surface area contributed by atoms with Crippen molar-refractivity contribution in [3.05, 3.63) is 65.9 Å². The molecule has 0 bridgehead atoms. The van der Waals surface area contributed by atoms with Gasteiger partial charge in [0.05, 0.1) is 12.6 Å². The second-order valence-corrected chi connectivity index (χ2v) is 9.28. The van der Waals surface area contributed by atoms with Crippen LogP contribution in [0.1, 0.15) is 24.0 Å². The number of aromatic hydroxyl groups is 1. The average Bonchev–Trinajstić information content (AvgIpc) is 3.32. The van der Waals surface area contributed by atoms with E-state index in [-0.39, 0.29) is 31.4 Å². The van der Waals surface area contributed by atoms with E-state index < -0.39 is 54.3 Å². The number of phenolic OH excluding ortho intramolecular Hbond substituents is 1. The van der Waals surface area contributed by atoms with Gasteiger partial charge in [0.15, 0.2) is 0 Å². The Labute approximate surface area is 229 Å². The van der Waals surface area contributed by atoms with E-state index in [1.54, 1.807) is 18.3 Å². The molecule has 40 heavy (non-hydrogen) atoms. The molecule has 0 aliphatic carbocycles. The molecule has 0 saturated heterocycles. The van der Waals surface area contributed by atoms with Gasteiger partial charge in [-0.3, -0.25) is 19.2 Å². The minimum absolute atomic E-state index is 0.0730. The quantitative estimate of drug-likeness (QED) is 0.129. The van der Waals surface area contributed by atoms with Crippen LogP contribution in [0.25, 0.3) is 10.9 Å². The molecule has 10 N–H and O–H groups in total. The Bertz CT molecular complexity index is 1370. The highest BCUT2D eigenvalue weighted by Crippen LogP contribution is 2.19. The van der Waals surface area contributed by atoms with Gasteiger partial charge < -0.3 is 42.6 Å². The number of primary amides is 1. The molecule has 1 heterocycles. The zero-order chi connectivity index (χ0) is 29.2. The predicted octanol–water partition coefficient (Wildman–Crippen LogP) is -0.578. The van der Waals surface area contributed by atoms with Crippen LogP contribution < -0.4 is 27.4 Å². The Morgan fingerprint density at radius 2 is 1.60 bits per heavy atom. The molecule has 0 saturated carbocycles. The van der Waals surface area contributed by atoms with E-state index in [0.717, 1.165) is 16.5 Å². The number of hydrogen-bond acceptors (Lipinski definition) is 7. The van der Waals surface area contributed by atoms with Gasteiger partial charge >= 0.3 is 5.97 Å². The fourth-order valence-corrected chi connectivity index (χ4v) is 4.07. The lowest BCUT2D eigenvalue weighted by molar-refractivity contribution is -0.142. The van der Waals surface area contributed by atoms with Gasteiger partial charge in [0.1, 0.15) is 17.8 Å². The number of aromatic amines is 1. The molecule has 212 valence electrons. The predicted molar refractivity (Wildman–Crippen MR) is 145 cm³/mol. The molecule has 4 amide bonds. The van der Waals surface area contributed by atoms with Crippen molar-refractivity contribution >= 4 is 40.5 Å². The van der Waals surface area contributed by atoms with Crippen LogP contribution in [-0.2, 0) is 36.8 Å². The summed E-state index contributed by atoms with van der Waals surface area (Å²) in [7, 11) is 0. The number of para-hydroxylation sites is 1. The van der Waals surface area contributed by atoms with Crippen LogP contribution in [-0.4, -0.2) is 69.5 Å². The molecule has 3 unspecified atom stereocenters. The minimum Gasteiger partial charge on any atom is -0.508 e. The molecule has 0 fully saturated rings. The van der Waals surface area contributed by atoms with Crippen molar-refractivity contribution in [2.24, 2.45) is 11.5 Å². The van der Waals surface area contributed by atoms with E-state index in [0.29, 0.717) is 5.56 Å². The van der Waals surface area contributed by atoms with E-state index in [1.165, 1.54) is 12.1 Å². The van der Waals surface area contributed by atoms with Gasteiger partial charge in [-0.15, -0.1) is 0 Å². The molecule has 3 atom stereocenters. The van der Waals surface area contributed by atoms with Crippen LogP contribution in [0.2, 0.25) is 0 Å². The highest BCUT2D eigenvalue weighted by atomic mass is 16.4. The van der Waals surface area contributed by atoms with E-state index in [1.807, 2.05) is 24.3 Å². The van der Waals surface area contributed by atoms with Crippen LogP contribution in [0.15, 0.2) is 54.7 Å². The lowest BCUT2D eigenvalue weighted by Gasteiger charge is -2.21. The molecular weight excluding hydrogens is 520 g/mol. The Morgan fingerprint density at radius 3 is 2.27 bits per heavy atom. The number of nitrogens with one attached hydrogen (secondary N) is 4. The lowest BCUT2D eigenvalue weighted by atomic mass is 10.0. The third kappa shape index (κ3) is 8.56. The van der Waals surface area contributed by atoms with E-state index >= 15 is 0 Å². The maximum absolute atomic E-state index is 13.1. The van der Waals surface area contributed by atoms with Crippen molar-refractivity contribution < 1.29 is 34.2 Å². The van der Waals surface area contributed by atoms with E-state index in [9.17, 15) is 34.2 Å². The molecule has 0 aliphatic heterocycles. The number of carboxylic acid groups (broad SMARTS) is 1. The Kier molecular flexibility index (Phi) is 10.2. The first-order valence-corrected chi connectivity index (χ1v) is 12.5. The smallest absolute Gasteiger partial charge is 0.326 e. The van der Waals surface area contributed by atoms with Crippen LogP contribution in [0.4, 0.5) is 0 Å². The highest BCUT2D eigenvalue weighted by molar-refractivity contribution is 5.93. The van der Waals surface area contributed by atoms with Crippen molar-refractivity contribution in [1.29, 1.82) is 0 Å². The summed E-state index contributed by atoms with van der Waals surface area (Å²) in [5.41, 5.74) is 13.4. The molecule has 2 aromatic carbocycles. The molecule has 0 aliphatic rings. The number of nitrogens with two attached hydrogens (primary N) is 2. The Hall–Kier alpha value is -4.91. The topological polar surface area (TPSA) is 230 Å². The standard InChI is InChI=1S/C27H32N6O7/c28-19(11-15-5-7-17(34)8-6-15)25(37)33-22(12-16-13-30-20-4-2-1-3-18(16)20)26(38)31-14-24(36)32-21(27(39)40)9-10-23(29)35/h1-8,13,19,21-22,30,34H,9-12,14,28H2,(H2,29,35)(H,31,38)(H,32,36)(H,33,37)(H,39,40). The summed E-state index contributed by atoms with van der Waals surface area (Å²) in [6.07, 6.45) is 1.49. The van der Waals surface area contributed by atoms with Crippen LogP contribution >= 0.6 is 0 Å². The van der Waals surface area contributed by atoms with E-state index in [2.05, 4.69) is 20.9 Å². The first-order chi connectivity index (χ1) is 19.0. The number of amides is 4. The third-order valence-corrected chi connectivity index (χ3v) is 6.20. The van der Waals surface area contributed by atoms with Crippen molar-refractivity contribution in [2.45, 2.75) is 43.8 Å². The Morgan fingerprint density at radius 1 is 0.900 bits per heavy atom. The van der Waals surface area contributed by atoms with Gasteiger partial charge in [-0.2, -0.15) is 0 Å². The SMILES string of the molecule is NC(=O)CCC(NC(=O)CNC(=O)C(Cc1c[nH]c2ccccc12)NC(=O)C(N)Cc1ccc(O)cc1)C(=O)O. The number of H-pyrrole nitrogens is 1. The van der Waals surface area contributed by atoms with Gasteiger partial charge in [-0.25, -0.2) is 4.79 Å². The minimum atomic E-state index is -1.36. The first-order valence-electron chi connectivity index (χ1n) is 12.5. The maximum atomic E-state index is 13.1. The number of carbonyl (C=O) groups is 5. The molecule has 3 rings (SSSR count). The maximum Gasteiger partial charge on any atom is 0.326 e. The van der Waals surface area contributed by atoms with E-state index in [4.69, 9.17) is 11.5 Å². The summed E-state index contributed by atoms with van der Waals surface area (Å²) >= 11 is 0. The third-order valence-electron chi connectivity index (χ3n) is 6.20. The monoisotopic (exact) mass is 552 g/mol. The van der Waals surface area contributed by atoms with Crippen molar-refractivity contribution in [1.82, 2.24) is 20.9 Å². The van der Waals surface area contributed by atoms with Gasteiger partial charge in [0.25, 0.3) is 0 Å². The summed E-state index contributed by atoms with van der Waals surface area (Å²) < 4.78 is 0. The number of aromatic nitrogens is 1. The summed E-state index contributed by atoms with van der Waals surface area (Å²) in [5.74, 6) is -4.08. The molecule has 0 spiro atoms. The first kappa shape index (κ1) is 29.6. The molecule has 1 aromatic heterocycles. The lowest BCUT2D eigenvalue weighted by Crippen LogP contribution is -2.54. The second kappa shape index (κ2) is 13.8. The fourth-order valence-electron chi connectivity index (χ4n) is 4.07. The van der Waals surface area contributed by atoms with Gasteiger partial charge in [0.2, 0.25) is 23.6 Å². The number of phenols is 1. The number of carboxylic acids is 1. The second-order valence-electron chi connectivity index (χ2n) is 9.28. The normalized spacial score (nSPS) is 13.1. The Balaban J connectivity index is 1.69. The number of rotatable bonds is 14. The summed E-state index contributed by atoms with van der Waals surface area (Å²) in [4.78, 5) is 63.9. The van der Waals surface area contributed by atoms with Gasteiger partial charge in [-0.1, -0.05) is 30.3 Å². The number of hydrogen-bond donors (Lipinski definition) is 8. The fraction of sp³-hybridized carbons (Fsp3) is 0.296. The van der Waals surface area contributed by atoms with Crippen molar-refractivity contribution in [2.75, 3.05) is 6.54 Å². The van der Waals surface area contributed by atoms with Crippen molar-refractivity contribution in [3.63, 3.8) is 0 Å². The molecule has 0 radical (unpaired) electrons. The van der Waals surface area contributed by atoms with Gasteiger partial charge in [-0.05, 0) is 42.2 Å². The number of aliphatic carboxylic acids is 1. The van der Waals surface area contributed by atoms with Crippen molar-refractivity contribution in [3.8, 4) is 5.75 Å². The number of benzene rings is 2. The zero-order valence-corrected chi connectivity index (χ0v) is 21.6. The highest BCUT2D eigenvalue weighted by Gasteiger charge is 2.26. The van der Waals surface area contributed by atoms with Crippen LogP contribution in [0.5, 0.6) is 5.75 Å². The largest absolute Gasteiger partial charge is 0.508 e. The van der Waals surface area contributed by atoms with Crippen LogP contribution in [0, 0.1) is 0 Å². The summed E-state index contributed by atoms with van der Waals surface area (Å²) in [6.45, 7) is -0.570. The number of fused-ring (bicyclic) bond motifs is 1. The summed E-state index contributed by atoms with van der Waals surface area (Å²) in [5, 5.41) is 26.9. The average molecular weight is 553 g/mol. The van der Waals surface area contributed by atoms with Gasteiger partial charge in [0, 0.05) is 29.9 Å².